The molecular weight excluding hydrogens is 258 g/mol. The van der Waals surface area contributed by atoms with Gasteiger partial charge in [-0.3, -0.25) is 0 Å². The SMILES string of the molecule is CCCNC(c1cnn2ccccc12)C1CCCCCC1. The van der Waals surface area contributed by atoms with Crippen molar-refractivity contribution in [1.82, 2.24) is 14.9 Å². The zero-order valence-corrected chi connectivity index (χ0v) is 13.1. The van der Waals surface area contributed by atoms with Crippen LogP contribution in [0.3, 0.4) is 0 Å². The summed E-state index contributed by atoms with van der Waals surface area (Å²) < 4.78 is 2.01. The van der Waals surface area contributed by atoms with Crippen molar-refractivity contribution in [3.8, 4) is 0 Å². The third-order valence-electron chi connectivity index (χ3n) is 4.78. The highest BCUT2D eigenvalue weighted by atomic mass is 15.2. The predicted molar refractivity (Wildman–Crippen MR) is 87.4 cm³/mol. The first-order valence-corrected chi connectivity index (χ1v) is 8.56. The van der Waals surface area contributed by atoms with Crippen LogP contribution in [0, 0.1) is 5.92 Å². The monoisotopic (exact) mass is 285 g/mol. The Balaban J connectivity index is 1.90. The summed E-state index contributed by atoms with van der Waals surface area (Å²) >= 11 is 0. The van der Waals surface area contributed by atoms with E-state index >= 15 is 0 Å². The number of rotatable bonds is 5. The zero-order chi connectivity index (χ0) is 14.5. The molecule has 1 atom stereocenters. The van der Waals surface area contributed by atoms with Gasteiger partial charge in [0.05, 0.1) is 11.7 Å². The lowest BCUT2D eigenvalue weighted by atomic mass is 9.87. The molecule has 0 spiro atoms. The second kappa shape index (κ2) is 7.08. The Hall–Kier alpha value is -1.35. The van der Waals surface area contributed by atoms with Gasteiger partial charge in [0, 0.05) is 17.8 Å². The number of pyridine rings is 1. The van der Waals surface area contributed by atoms with Crippen molar-refractivity contribution in [3.05, 3.63) is 36.2 Å². The fraction of sp³-hybridized carbons (Fsp3) is 0.611. The number of aromatic nitrogens is 2. The highest BCUT2D eigenvalue weighted by molar-refractivity contribution is 5.55. The largest absolute Gasteiger partial charge is 0.310 e. The maximum atomic E-state index is 4.54. The second-order valence-electron chi connectivity index (χ2n) is 6.31. The predicted octanol–water partition coefficient (Wildman–Crippen LogP) is 4.35. The van der Waals surface area contributed by atoms with Gasteiger partial charge in [0.15, 0.2) is 0 Å². The molecule has 2 heterocycles. The van der Waals surface area contributed by atoms with E-state index in [0.29, 0.717) is 6.04 Å². The van der Waals surface area contributed by atoms with Crippen molar-refractivity contribution >= 4 is 5.52 Å². The van der Waals surface area contributed by atoms with Gasteiger partial charge in [-0.2, -0.15) is 5.10 Å². The van der Waals surface area contributed by atoms with E-state index < -0.39 is 0 Å². The van der Waals surface area contributed by atoms with Gasteiger partial charge in [-0.05, 0) is 43.9 Å². The molecule has 0 saturated heterocycles. The third-order valence-corrected chi connectivity index (χ3v) is 4.78. The van der Waals surface area contributed by atoms with Crippen molar-refractivity contribution in [3.63, 3.8) is 0 Å². The van der Waals surface area contributed by atoms with E-state index in [1.165, 1.54) is 56.0 Å². The summed E-state index contributed by atoms with van der Waals surface area (Å²) in [6.07, 6.45) is 13.6. The Morgan fingerprint density at radius 3 is 2.81 bits per heavy atom. The summed E-state index contributed by atoms with van der Waals surface area (Å²) in [5.41, 5.74) is 2.64. The topological polar surface area (TPSA) is 29.3 Å². The van der Waals surface area contributed by atoms with Gasteiger partial charge >= 0.3 is 0 Å². The molecule has 0 bridgehead atoms. The van der Waals surface area contributed by atoms with Gasteiger partial charge < -0.3 is 5.32 Å². The molecule has 114 valence electrons. The Morgan fingerprint density at radius 2 is 2.05 bits per heavy atom. The minimum Gasteiger partial charge on any atom is -0.310 e. The van der Waals surface area contributed by atoms with Crippen molar-refractivity contribution in [2.45, 2.75) is 57.9 Å². The molecule has 0 radical (unpaired) electrons. The lowest BCUT2D eigenvalue weighted by Crippen LogP contribution is -2.29. The number of fused-ring (bicyclic) bond motifs is 1. The van der Waals surface area contributed by atoms with Gasteiger partial charge in [-0.15, -0.1) is 0 Å². The summed E-state index contributed by atoms with van der Waals surface area (Å²) in [6, 6.07) is 6.82. The van der Waals surface area contributed by atoms with E-state index in [2.05, 4.69) is 35.7 Å². The molecule has 3 rings (SSSR count). The van der Waals surface area contributed by atoms with E-state index in [9.17, 15) is 0 Å². The fourth-order valence-corrected chi connectivity index (χ4v) is 3.67. The van der Waals surface area contributed by atoms with E-state index in [4.69, 9.17) is 0 Å². The summed E-state index contributed by atoms with van der Waals surface area (Å²) in [5, 5.41) is 8.35. The molecule has 2 aromatic rings. The average molecular weight is 285 g/mol. The average Bonchev–Trinajstić information content (AvgIpc) is 2.75. The van der Waals surface area contributed by atoms with Gasteiger partial charge in [0.1, 0.15) is 0 Å². The molecule has 1 aliphatic carbocycles. The third kappa shape index (κ3) is 3.29. The number of nitrogens with one attached hydrogen (secondary N) is 1. The van der Waals surface area contributed by atoms with Crippen molar-refractivity contribution in [2.75, 3.05) is 6.54 Å². The molecule has 0 aromatic carbocycles. The van der Waals surface area contributed by atoms with Crippen LogP contribution in [0.1, 0.15) is 63.5 Å². The first kappa shape index (κ1) is 14.6. The van der Waals surface area contributed by atoms with E-state index in [0.717, 1.165) is 12.5 Å². The molecule has 1 N–H and O–H groups in total. The quantitative estimate of drug-likeness (QED) is 0.828. The normalized spacial score (nSPS) is 18.7. The molecule has 0 aliphatic heterocycles. The van der Waals surface area contributed by atoms with E-state index in [-0.39, 0.29) is 0 Å². The Morgan fingerprint density at radius 1 is 1.24 bits per heavy atom. The molecule has 0 amide bonds. The number of hydrogen-bond donors (Lipinski definition) is 1. The Labute approximate surface area is 127 Å². The fourth-order valence-electron chi connectivity index (χ4n) is 3.67. The Bertz CT molecular complexity index is 552. The highest BCUT2D eigenvalue weighted by Crippen LogP contribution is 2.35. The van der Waals surface area contributed by atoms with Crippen LogP contribution >= 0.6 is 0 Å². The maximum Gasteiger partial charge on any atom is 0.0709 e. The van der Waals surface area contributed by atoms with Crippen LogP contribution in [0.25, 0.3) is 5.52 Å². The van der Waals surface area contributed by atoms with Crippen LogP contribution in [-0.4, -0.2) is 16.2 Å². The molecule has 1 saturated carbocycles. The van der Waals surface area contributed by atoms with Crippen molar-refractivity contribution in [1.29, 1.82) is 0 Å². The molecule has 3 heteroatoms. The smallest absolute Gasteiger partial charge is 0.0709 e. The molecule has 1 aliphatic rings. The van der Waals surface area contributed by atoms with Gasteiger partial charge in [-0.1, -0.05) is 38.7 Å². The summed E-state index contributed by atoms with van der Waals surface area (Å²) in [6.45, 7) is 3.33. The molecule has 2 aromatic heterocycles. The van der Waals surface area contributed by atoms with Crippen molar-refractivity contribution < 1.29 is 0 Å². The molecular formula is C18H27N3. The zero-order valence-electron chi connectivity index (χ0n) is 13.1. The van der Waals surface area contributed by atoms with Crippen LogP contribution in [0.15, 0.2) is 30.6 Å². The van der Waals surface area contributed by atoms with Crippen LogP contribution in [0.4, 0.5) is 0 Å². The van der Waals surface area contributed by atoms with Crippen molar-refractivity contribution in [2.24, 2.45) is 5.92 Å². The second-order valence-corrected chi connectivity index (χ2v) is 6.31. The molecule has 1 unspecified atom stereocenters. The molecule has 21 heavy (non-hydrogen) atoms. The van der Waals surface area contributed by atoms with Crippen LogP contribution in [0.2, 0.25) is 0 Å². The Kier molecular flexibility index (Phi) is 4.91. The lowest BCUT2D eigenvalue weighted by Gasteiger charge is -2.27. The standard InChI is InChI=1S/C18H27N3/c1-2-12-19-18(15-9-5-3-4-6-10-15)16-14-20-21-13-8-7-11-17(16)21/h7-8,11,13-15,18-19H,2-6,9-10,12H2,1H3. The van der Waals surface area contributed by atoms with Gasteiger partial charge in [-0.25, -0.2) is 4.52 Å². The minimum atomic E-state index is 0.461. The number of hydrogen-bond acceptors (Lipinski definition) is 2. The van der Waals surface area contributed by atoms with Crippen LogP contribution < -0.4 is 5.32 Å². The first-order chi connectivity index (χ1) is 10.4. The van der Waals surface area contributed by atoms with E-state index in [1.807, 2.05) is 16.8 Å². The minimum absolute atomic E-state index is 0.461. The summed E-state index contributed by atoms with van der Waals surface area (Å²) in [7, 11) is 0. The lowest BCUT2D eigenvalue weighted by molar-refractivity contribution is 0.327. The molecule has 3 nitrogen and oxygen atoms in total. The first-order valence-electron chi connectivity index (χ1n) is 8.56. The summed E-state index contributed by atoms with van der Waals surface area (Å²) in [5.74, 6) is 0.757. The van der Waals surface area contributed by atoms with Crippen LogP contribution in [-0.2, 0) is 0 Å². The molecule has 1 fully saturated rings. The van der Waals surface area contributed by atoms with Gasteiger partial charge in [0.25, 0.3) is 0 Å². The highest BCUT2D eigenvalue weighted by Gasteiger charge is 2.26. The summed E-state index contributed by atoms with van der Waals surface area (Å²) in [4.78, 5) is 0. The number of nitrogens with zero attached hydrogens (tertiary/aromatic N) is 2. The van der Waals surface area contributed by atoms with E-state index in [1.54, 1.807) is 0 Å². The van der Waals surface area contributed by atoms with Crippen LogP contribution in [0.5, 0.6) is 0 Å². The van der Waals surface area contributed by atoms with Gasteiger partial charge in [0.2, 0.25) is 0 Å². The maximum absolute atomic E-state index is 4.54.